The van der Waals surface area contributed by atoms with Crippen molar-refractivity contribution in [2.45, 2.75) is 10.9 Å². The van der Waals surface area contributed by atoms with E-state index in [4.69, 9.17) is 15.2 Å². The first-order chi connectivity index (χ1) is 10.7. The number of nitrogens with zero attached hydrogens (tertiary/aromatic N) is 2. The van der Waals surface area contributed by atoms with Crippen LogP contribution >= 0.6 is 11.8 Å². The number of hydrogen-bond acceptors (Lipinski definition) is 6. The Morgan fingerprint density at radius 2 is 1.91 bits per heavy atom. The highest BCUT2D eigenvalue weighted by Gasteiger charge is 2.10. The second-order valence-corrected chi connectivity index (χ2v) is 5.57. The zero-order valence-electron chi connectivity index (χ0n) is 12.3. The number of methoxy groups -OCH3 is 2. The summed E-state index contributed by atoms with van der Waals surface area (Å²) in [5, 5.41) is 0.814. The van der Waals surface area contributed by atoms with E-state index in [0.717, 1.165) is 21.9 Å². The molecule has 0 spiro atoms. The summed E-state index contributed by atoms with van der Waals surface area (Å²) in [6, 6.07) is 9.34. The molecule has 7 heteroatoms. The standard InChI is InChI=1S/C15H16N4O2S/c1-20-12-6-10-11(7-13(12)21-2)19-15(18-10)22-8-9-4-3-5-14(16)17-9/h3-7H,8H2,1-2H3,(H2,16,17)(H,18,19). The first kappa shape index (κ1) is 14.5. The number of anilines is 1. The Morgan fingerprint density at radius 3 is 2.64 bits per heavy atom. The molecule has 0 fully saturated rings. The van der Waals surface area contributed by atoms with Gasteiger partial charge in [-0.05, 0) is 12.1 Å². The van der Waals surface area contributed by atoms with Gasteiger partial charge in [-0.1, -0.05) is 17.8 Å². The van der Waals surface area contributed by atoms with Crippen LogP contribution in [0.15, 0.2) is 35.5 Å². The molecule has 0 aliphatic heterocycles. The predicted octanol–water partition coefficient (Wildman–Crippen LogP) is 2.85. The minimum absolute atomic E-state index is 0.525. The van der Waals surface area contributed by atoms with Gasteiger partial charge in [0.1, 0.15) is 5.82 Å². The summed E-state index contributed by atoms with van der Waals surface area (Å²) in [5.41, 5.74) is 8.34. The summed E-state index contributed by atoms with van der Waals surface area (Å²) in [6.45, 7) is 0. The highest BCUT2D eigenvalue weighted by molar-refractivity contribution is 7.98. The van der Waals surface area contributed by atoms with E-state index in [1.54, 1.807) is 32.0 Å². The summed E-state index contributed by atoms with van der Waals surface area (Å²) < 4.78 is 10.6. The number of aromatic nitrogens is 3. The average Bonchev–Trinajstić information content (AvgIpc) is 2.93. The van der Waals surface area contributed by atoms with Gasteiger partial charge in [-0.25, -0.2) is 9.97 Å². The smallest absolute Gasteiger partial charge is 0.166 e. The monoisotopic (exact) mass is 316 g/mol. The molecular weight excluding hydrogens is 300 g/mol. The van der Waals surface area contributed by atoms with Gasteiger partial charge in [-0.3, -0.25) is 0 Å². The van der Waals surface area contributed by atoms with Crippen molar-refractivity contribution in [3.8, 4) is 11.5 Å². The van der Waals surface area contributed by atoms with Crippen LogP contribution in [0.25, 0.3) is 11.0 Å². The fourth-order valence-corrected chi connectivity index (χ4v) is 2.89. The first-order valence-electron chi connectivity index (χ1n) is 6.65. The number of nitrogens with one attached hydrogen (secondary N) is 1. The van der Waals surface area contributed by atoms with Gasteiger partial charge in [-0.2, -0.15) is 0 Å². The Hall–Kier alpha value is -2.41. The Morgan fingerprint density at radius 1 is 1.14 bits per heavy atom. The molecule has 0 radical (unpaired) electrons. The number of fused-ring (bicyclic) bond motifs is 1. The van der Waals surface area contributed by atoms with Crippen molar-refractivity contribution in [1.82, 2.24) is 15.0 Å². The van der Waals surface area contributed by atoms with Gasteiger partial charge in [0.25, 0.3) is 0 Å². The summed E-state index contributed by atoms with van der Waals surface area (Å²) in [7, 11) is 3.22. The van der Waals surface area contributed by atoms with Crippen molar-refractivity contribution in [1.29, 1.82) is 0 Å². The van der Waals surface area contributed by atoms with Crippen molar-refractivity contribution >= 4 is 28.6 Å². The van der Waals surface area contributed by atoms with E-state index in [-0.39, 0.29) is 0 Å². The number of pyridine rings is 1. The molecule has 3 aromatic rings. The summed E-state index contributed by atoms with van der Waals surface area (Å²) in [5.74, 6) is 2.56. The maximum atomic E-state index is 5.68. The lowest BCUT2D eigenvalue weighted by molar-refractivity contribution is 0.356. The topological polar surface area (TPSA) is 86.0 Å². The van der Waals surface area contributed by atoms with Crippen molar-refractivity contribution in [3.05, 3.63) is 36.0 Å². The number of rotatable bonds is 5. The van der Waals surface area contributed by atoms with Gasteiger partial charge in [-0.15, -0.1) is 0 Å². The van der Waals surface area contributed by atoms with E-state index in [9.17, 15) is 0 Å². The molecule has 0 atom stereocenters. The molecule has 3 N–H and O–H groups in total. The second kappa shape index (κ2) is 6.15. The number of thioether (sulfide) groups is 1. The number of benzene rings is 1. The van der Waals surface area contributed by atoms with Gasteiger partial charge in [0, 0.05) is 17.9 Å². The zero-order chi connectivity index (χ0) is 15.5. The third-order valence-corrected chi connectivity index (χ3v) is 4.06. The maximum absolute atomic E-state index is 5.68. The van der Waals surface area contributed by atoms with Crippen LogP contribution in [0.4, 0.5) is 5.82 Å². The van der Waals surface area contributed by atoms with Gasteiger partial charge >= 0.3 is 0 Å². The van der Waals surface area contributed by atoms with E-state index >= 15 is 0 Å². The fourth-order valence-electron chi connectivity index (χ4n) is 2.10. The number of aromatic amines is 1. The molecule has 114 valence electrons. The van der Waals surface area contributed by atoms with Crippen molar-refractivity contribution < 1.29 is 9.47 Å². The second-order valence-electron chi connectivity index (χ2n) is 4.61. The Kier molecular flexibility index (Phi) is 4.06. The number of imidazole rings is 1. The van der Waals surface area contributed by atoms with Crippen LogP contribution in [-0.2, 0) is 5.75 Å². The average molecular weight is 316 g/mol. The first-order valence-corrected chi connectivity index (χ1v) is 7.64. The zero-order valence-corrected chi connectivity index (χ0v) is 13.1. The van der Waals surface area contributed by atoms with E-state index in [1.165, 1.54) is 0 Å². The minimum Gasteiger partial charge on any atom is -0.493 e. The number of H-pyrrole nitrogens is 1. The number of ether oxygens (including phenoxy) is 2. The van der Waals surface area contributed by atoms with Gasteiger partial charge in [0.05, 0.1) is 30.9 Å². The fraction of sp³-hybridized carbons (Fsp3) is 0.200. The van der Waals surface area contributed by atoms with E-state index in [1.807, 2.05) is 24.3 Å². The van der Waals surface area contributed by atoms with Crippen LogP contribution in [0.2, 0.25) is 0 Å². The molecule has 3 rings (SSSR count). The van der Waals surface area contributed by atoms with Gasteiger partial charge in [0.2, 0.25) is 0 Å². The maximum Gasteiger partial charge on any atom is 0.166 e. The Bertz CT molecular complexity index is 762. The summed E-state index contributed by atoms with van der Waals surface area (Å²) in [4.78, 5) is 12.1. The predicted molar refractivity (Wildman–Crippen MR) is 87.4 cm³/mol. The largest absolute Gasteiger partial charge is 0.493 e. The van der Waals surface area contributed by atoms with Crippen LogP contribution < -0.4 is 15.2 Å². The lowest BCUT2D eigenvalue weighted by Crippen LogP contribution is -1.93. The van der Waals surface area contributed by atoms with Crippen LogP contribution in [0, 0.1) is 0 Å². The number of nitrogens with two attached hydrogens (primary N) is 1. The van der Waals surface area contributed by atoms with Crippen molar-refractivity contribution in [2.75, 3.05) is 20.0 Å². The van der Waals surface area contributed by atoms with Gasteiger partial charge < -0.3 is 20.2 Å². The molecule has 0 unspecified atom stereocenters. The van der Waals surface area contributed by atoms with E-state index in [0.29, 0.717) is 23.1 Å². The summed E-state index contributed by atoms with van der Waals surface area (Å²) in [6.07, 6.45) is 0. The Balaban J connectivity index is 1.82. The number of hydrogen-bond donors (Lipinski definition) is 2. The highest BCUT2D eigenvalue weighted by atomic mass is 32.2. The molecule has 0 aliphatic rings. The summed E-state index contributed by atoms with van der Waals surface area (Å²) >= 11 is 1.57. The third kappa shape index (κ3) is 2.94. The molecule has 0 amide bonds. The molecule has 22 heavy (non-hydrogen) atoms. The molecule has 2 heterocycles. The van der Waals surface area contributed by atoms with E-state index in [2.05, 4.69) is 15.0 Å². The number of nitrogen functional groups attached to an aromatic ring is 1. The van der Waals surface area contributed by atoms with Crippen molar-refractivity contribution in [3.63, 3.8) is 0 Å². The van der Waals surface area contributed by atoms with Crippen LogP contribution in [0.3, 0.4) is 0 Å². The molecule has 0 aliphatic carbocycles. The molecule has 0 bridgehead atoms. The van der Waals surface area contributed by atoms with Crippen LogP contribution in [0.1, 0.15) is 5.69 Å². The molecule has 0 saturated heterocycles. The molecule has 1 aromatic carbocycles. The molecular formula is C15H16N4O2S. The van der Waals surface area contributed by atoms with Crippen LogP contribution in [-0.4, -0.2) is 29.2 Å². The highest BCUT2D eigenvalue weighted by Crippen LogP contribution is 2.32. The molecule has 6 nitrogen and oxygen atoms in total. The van der Waals surface area contributed by atoms with Crippen molar-refractivity contribution in [2.24, 2.45) is 0 Å². The third-order valence-electron chi connectivity index (χ3n) is 3.15. The molecule has 0 saturated carbocycles. The minimum atomic E-state index is 0.525. The Labute approximate surface area is 132 Å². The lowest BCUT2D eigenvalue weighted by Gasteiger charge is -2.06. The van der Waals surface area contributed by atoms with E-state index < -0.39 is 0 Å². The molecule has 2 aromatic heterocycles. The quantitative estimate of drug-likeness (QED) is 0.704. The lowest BCUT2D eigenvalue weighted by atomic mass is 10.3. The normalized spacial score (nSPS) is 10.8. The van der Waals surface area contributed by atoms with Gasteiger partial charge in [0.15, 0.2) is 16.7 Å². The van der Waals surface area contributed by atoms with Crippen LogP contribution in [0.5, 0.6) is 11.5 Å². The SMILES string of the molecule is COc1cc2nc(SCc3cccc(N)n3)[nH]c2cc1OC.